The number of nitrogens with zero attached hydrogens (tertiary/aromatic N) is 6. The molecule has 1 fully saturated rings. The normalized spacial score (nSPS) is 19.2. The van der Waals surface area contributed by atoms with Crippen molar-refractivity contribution in [3.63, 3.8) is 0 Å². The van der Waals surface area contributed by atoms with E-state index >= 15 is 0 Å². The van der Waals surface area contributed by atoms with E-state index in [1.807, 2.05) is 23.9 Å². The molecule has 3 aromatic heterocycles. The topological polar surface area (TPSA) is 60.5 Å². The standard InChI is InChI=1S/C17H22N6O/c1-13-8-14(2)23-10-15(20-17(23)19-13)9-21-6-7-24-16(11-21)12-22-5-3-4-18-22/h3-5,8,10,16H,6-7,9,11-12H2,1-2H3/t16-/m0/s1. The number of aromatic nitrogens is 5. The van der Waals surface area contributed by atoms with Crippen molar-refractivity contribution in [1.29, 1.82) is 0 Å². The highest BCUT2D eigenvalue weighted by Crippen LogP contribution is 2.13. The Labute approximate surface area is 140 Å². The first-order valence-electron chi connectivity index (χ1n) is 8.31. The van der Waals surface area contributed by atoms with Gasteiger partial charge >= 0.3 is 0 Å². The van der Waals surface area contributed by atoms with Crippen LogP contribution in [0.25, 0.3) is 5.78 Å². The lowest BCUT2D eigenvalue weighted by molar-refractivity contribution is -0.0405. The third kappa shape index (κ3) is 3.18. The molecule has 4 heterocycles. The molecule has 7 nitrogen and oxygen atoms in total. The van der Waals surface area contributed by atoms with E-state index in [0.717, 1.165) is 55.6 Å². The summed E-state index contributed by atoms with van der Waals surface area (Å²) in [5, 5.41) is 4.26. The third-order valence-corrected chi connectivity index (χ3v) is 4.37. The number of hydrogen-bond donors (Lipinski definition) is 0. The van der Waals surface area contributed by atoms with Gasteiger partial charge in [0.15, 0.2) is 0 Å². The van der Waals surface area contributed by atoms with E-state index in [4.69, 9.17) is 4.74 Å². The van der Waals surface area contributed by atoms with Crippen LogP contribution in [0.2, 0.25) is 0 Å². The Bertz CT molecular complexity index is 825. The highest BCUT2D eigenvalue weighted by Gasteiger charge is 2.22. The summed E-state index contributed by atoms with van der Waals surface area (Å²) in [6.45, 7) is 8.25. The van der Waals surface area contributed by atoms with Gasteiger partial charge in [0, 0.05) is 49.6 Å². The molecule has 0 spiro atoms. The Kier molecular flexibility index (Phi) is 4.03. The highest BCUT2D eigenvalue weighted by atomic mass is 16.5. The molecule has 1 atom stereocenters. The molecule has 0 amide bonds. The maximum Gasteiger partial charge on any atom is 0.234 e. The van der Waals surface area contributed by atoms with Crippen molar-refractivity contribution in [2.24, 2.45) is 0 Å². The van der Waals surface area contributed by atoms with Crippen molar-refractivity contribution in [3.05, 3.63) is 47.8 Å². The number of rotatable bonds is 4. The summed E-state index contributed by atoms with van der Waals surface area (Å²) >= 11 is 0. The van der Waals surface area contributed by atoms with Gasteiger partial charge in [-0.05, 0) is 26.0 Å². The van der Waals surface area contributed by atoms with E-state index in [0.29, 0.717) is 0 Å². The summed E-state index contributed by atoms with van der Waals surface area (Å²) in [4.78, 5) is 11.6. The molecule has 0 aliphatic carbocycles. The predicted molar refractivity (Wildman–Crippen MR) is 89.7 cm³/mol. The van der Waals surface area contributed by atoms with Gasteiger partial charge in [0.25, 0.3) is 0 Å². The van der Waals surface area contributed by atoms with Crippen molar-refractivity contribution in [2.45, 2.75) is 33.0 Å². The molecule has 0 N–H and O–H groups in total. The van der Waals surface area contributed by atoms with E-state index in [1.165, 1.54) is 0 Å². The SMILES string of the molecule is Cc1cc(C)n2cc(CN3CCO[C@H](Cn4cccn4)C3)nc2n1. The molecule has 0 bridgehead atoms. The summed E-state index contributed by atoms with van der Waals surface area (Å²) in [7, 11) is 0. The lowest BCUT2D eigenvalue weighted by atomic mass is 10.2. The number of imidazole rings is 1. The Morgan fingerprint density at radius 2 is 2.21 bits per heavy atom. The van der Waals surface area contributed by atoms with E-state index < -0.39 is 0 Å². The molecular formula is C17H22N6O. The minimum absolute atomic E-state index is 0.165. The lowest BCUT2D eigenvalue weighted by Gasteiger charge is -2.32. The van der Waals surface area contributed by atoms with Crippen LogP contribution in [0.5, 0.6) is 0 Å². The summed E-state index contributed by atoms with van der Waals surface area (Å²) in [5.41, 5.74) is 3.22. The van der Waals surface area contributed by atoms with Gasteiger partial charge in [0.1, 0.15) is 0 Å². The molecule has 24 heavy (non-hydrogen) atoms. The molecular weight excluding hydrogens is 304 g/mol. The van der Waals surface area contributed by atoms with Gasteiger partial charge in [-0.25, -0.2) is 9.97 Å². The van der Waals surface area contributed by atoms with Crippen LogP contribution in [0, 0.1) is 13.8 Å². The number of morpholine rings is 1. The Balaban J connectivity index is 1.45. The van der Waals surface area contributed by atoms with Gasteiger partial charge < -0.3 is 4.74 Å². The average molecular weight is 326 g/mol. The zero-order valence-corrected chi connectivity index (χ0v) is 14.1. The van der Waals surface area contributed by atoms with Crippen molar-refractivity contribution < 1.29 is 4.74 Å². The average Bonchev–Trinajstić information content (AvgIpc) is 3.17. The second kappa shape index (κ2) is 6.33. The predicted octanol–water partition coefficient (Wildman–Crippen LogP) is 1.44. The van der Waals surface area contributed by atoms with Crippen molar-refractivity contribution in [3.8, 4) is 0 Å². The first-order valence-corrected chi connectivity index (χ1v) is 8.31. The van der Waals surface area contributed by atoms with Gasteiger partial charge in [-0.2, -0.15) is 5.10 Å². The maximum absolute atomic E-state index is 5.87. The van der Waals surface area contributed by atoms with Crippen LogP contribution in [0.4, 0.5) is 0 Å². The molecule has 3 aromatic rings. The molecule has 1 saturated heterocycles. The number of ether oxygens (including phenoxy) is 1. The first kappa shape index (κ1) is 15.3. The lowest BCUT2D eigenvalue weighted by Crippen LogP contribution is -2.43. The molecule has 126 valence electrons. The third-order valence-electron chi connectivity index (χ3n) is 4.37. The zero-order chi connectivity index (χ0) is 16.5. The smallest absolute Gasteiger partial charge is 0.234 e. The summed E-state index contributed by atoms with van der Waals surface area (Å²) in [6, 6.07) is 4.02. The van der Waals surface area contributed by atoms with Crippen LogP contribution >= 0.6 is 0 Å². The fourth-order valence-corrected chi connectivity index (χ4v) is 3.28. The Morgan fingerprint density at radius 1 is 1.29 bits per heavy atom. The molecule has 0 saturated carbocycles. The fraction of sp³-hybridized carbons (Fsp3) is 0.471. The van der Waals surface area contributed by atoms with Gasteiger partial charge in [0.2, 0.25) is 5.78 Å². The quantitative estimate of drug-likeness (QED) is 0.726. The Hall–Kier alpha value is -2.25. The van der Waals surface area contributed by atoms with Crippen LogP contribution in [-0.4, -0.2) is 54.8 Å². The van der Waals surface area contributed by atoms with E-state index in [2.05, 4.69) is 43.6 Å². The molecule has 7 heteroatoms. The van der Waals surface area contributed by atoms with Crippen LogP contribution in [0.3, 0.4) is 0 Å². The Morgan fingerprint density at radius 3 is 3.04 bits per heavy atom. The van der Waals surface area contributed by atoms with Crippen molar-refractivity contribution in [2.75, 3.05) is 19.7 Å². The summed E-state index contributed by atoms with van der Waals surface area (Å²) in [6.07, 6.45) is 6.03. The van der Waals surface area contributed by atoms with Gasteiger partial charge in [-0.3, -0.25) is 14.0 Å². The molecule has 0 aromatic carbocycles. The van der Waals surface area contributed by atoms with Gasteiger partial charge in [-0.1, -0.05) is 0 Å². The minimum atomic E-state index is 0.165. The fourth-order valence-electron chi connectivity index (χ4n) is 3.28. The van der Waals surface area contributed by atoms with Gasteiger partial charge in [-0.15, -0.1) is 0 Å². The second-order valence-corrected chi connectivity index (χ2v) is 6.40. The van der Waals surface area contributed by atoms with Crippen molar-refractivity contribution in [1.82, 2.24) is 29.0 Å². The van der Waals surface area contributed by atoms with Gasteiger partial charge in [0.05, 0.1) is 24.9 Å². The minimum Gasteiger partial charge on any atom is -0.374 e. The molecule has 0 radical (unpaired) electrons. The maximum atomic E-state index is 5.87. The van der Waals surface area contributed by atoms with E-state index in [9.17, 15) is 0 Å². The summed E-state index contributed by atoms with van der Waals surface area (Å²) in [5.74, 6) is 0.781. The zero-order valence-electron chi connectivity index (χ0n) is 14.1. The molecule has 1 aliphatic rings. The van der Waals surface area contributed by atoms with Crippen LogP contribution in [0.1, 0.15) is 17.1 Å². The number of hydrogen-bond acceptors (Lipinski definition) is 5. The summed E-state index contributed by atoms with van der Waals surface area (Å²) < 4.78 is 9.86. The first-order chi connectivity index (χ1) is 11.7. The van der Waals surface area contributed by atoms with Crippen LogP contribution in [-0.2, 0) is 17.8 Å². The molecule has 1 aliphatic heterocycles. The van der Waals surface area contributed by atoms with E-state index in [-0.39, 0.29) is 6.10 Å². The molecule has 0 unspecified atom stereocenters. The largest absolute Gasteiger partial charge is 0.374 e. The molecule has 4 rings (SSSR count). The van der Waals surface area contributed by atoms with E-state index in [1.54, 1.807) is 6.20 Å². The van der Waals surface area contributed by atoms with Crippen molar-refractivity contribution >= 4 is 5.78 Å². The number of fused-ring (bicyclic) bond motifs is 1. The highest BCUT2D eigenvalue weighted by molar-refractivity contribution is 5.34. The monoisotopic (exact) mass is 326 g/mol. The van der Waals surface area contributed by atoms with Crippen LogP contribution < -0.4 is 0 Å². The second-order valence-electron chi connectivity index (χ2n) is 6.40. The van der Waals surface area contributed by atoms with Crippen LogP contribution in [0.15, 0.2) is 30.7 Å². The number of aryl methyl sites for hydroxylation is 2.